The number of nitrogens with zero attached hydrogens (tertiary/aromatic N) is 2. The van der Waals surface area contributed by atoms with Crippen LogP contribution in [0.5, 0.6) is 0 Å². The maximum atomic E-state index is 13.3. The van der Waals surface area contributed by atoms with E-state index >= 15 is 0 Å². The van der Waals surface area contributed by atoms with Crippen molar-refractivity contribution in [3.8, 4) is 0 Å². The van der Waals surface area contributed by atoms with Crippen LogP contribution >= 0.6 is 0 Å². The van der Waals surface area contributed by atoms with Crippen molar-refractivity contribution in [3.05, 3.63) is 29.8 Å². The van der Waals surface area contributed by atoms with Crippen LogP contribution in [0.2, 0.25) is 0 Å². The number of sulfonamides is 1. The molecule has 0 radical (unpaired) electrons. The molecule has 8 heteroatoms. The van der Waals surface area contributed by atoms with Gasteiger partial charge in [-0.05, 0) is 38.3 Å². The normalized spacial score (nSPS) is 21.0. The van der Waals surface area contributed by atoms with Gasteiger partial charge in [0.05, 0.1) is 16.4 Å². The summed E-state index contributed by atoms with van der Waals surface area (Å²) in [7, 11) is -2.33. The predicted molar refractivity (Wildman–Crippen MR) is 102 cm³/mol. The predicted octanol–water partition coefficient (Wildman–Crippen LogP) is 2.43. The topological polar surface area (TPSA) is 95.0 Å². The van der Waals surface area contributed by atoms with Crippen molar-refractivity contribution in [3.63, 3.8) is 0 Å². The highest BCUT2D eigenvalue weighted by atomic mass is 32.2. The summed E-state index contributed by atoms with van der Waals surface area (Å²) in [5.41, 5.74) is 0.126. The Morgan fingerprint density at radius 2 is 1.93 bits per heavy atom. The zero-order valence-corrected chi connectivity index (χ0v) is 16.9. The zero-order chi connectivity index (χ0) is 20.2. The molecule has 0 aromatic heterocycles. The Balaban J connectivity index is 2.39. The molecule has 0 bridgehead atoms. The van der Waals surface area contributed by atoms with Crippen LogP contribution in [0.25, 0.3) is 0 Å². The van der Waals surface area contributed by atoms with Crippen molar-refractivity contribution in [2.75, 3.05) is 20.1 Å². The smallest absolute Gasteiger partial charge is 0.307 e. The molecule has 1 aliphatic heterocycles. The van der Waals surface area contributed by atoms with Crippen molar-refractivity contribution < 1.29 is 23.1 Å². The lowest BCUT2D eigenvalue weighted by molar-refractivity contribution is -0.143. The number of carboxylic acid groups (broad SMARTS) is 1. The van der Waals surface area contributed by atoms with E-state index in [2.05, 4.69) is 0 Å². The van der Waals surface area contributed by atoms with Crippen LogP contribution in [0.3, 0.4) is 0 Å². The van der Waals surface area contributed by atoms with Crippen molar-refractivity contribution in [2.24, 2.45) is 5.92 Å². The Kier molecular flexibility index (Phi) is 7.00. The Morgan fingerprint density at radius 3 is 2.56 bits per heavy atom. The number of hydrogen-bond donors (Lipinski definition) is 1. The third-order valence-electron chi connectivity index (χ3n) is 5.07. The monoisotopic (exact) mass is 396 g/mol. The molecule has 1 aromatic carbocycles. The minimum Gasteiger partial charge on any atom is -0.481 e. The van der Waals surface area contributed by atoms with E-state index in [0.29, 0.717) is 19.4 Å². The van der Waals surface area contributed by atoms with Crippen molar-refractivity contribution in [2.45, 2.75) is 50.5 Å². The molecule has 1 amide bonds. The number of amides is 1. The van der Waals surface area contributed by atoms with Gasteiger partial charge in [0.1, 0.15) is 0 Å². The molecule has 1 aliphatic rings. The highest BCUT2D eigenvalue weighted by molar-refractivity contribution is 7.89. The average molecular weight is 397 g/mol. The number of rotatable bonds is 7. The molecule has 0 saturated carbocycles. The first-order chi connectivity index (χ1) is 12.7. The van der Waals surface area contributed by atoms with E-state index in [0.717, 1.165) is 12.8 Å². The van der Waals surface area contributed by atoms with Crippen LogP contribution in [0.15, 0.2) is 29.2 Å². The standard InChI is InChI=1S/C19H28N2O5S/c1-4-5-12-20(3)18(22)16-8-6-7-9-17(16)27(25,26)21-13-15(19(23)24)11-10-14(21)2/h6-9,14-15H,4-5,10-13H2,1-3H3,(H,23,24). The van der Waals surface area contributed by atoms with E-state index in [9.17, 15) is 23.1 Å². The van der Waals surface area contributed by atoms with E-state index in [1.165, 1.54) is 21.3 Å². The number of carbonyl (C=O) groups excluding carboxylic acids is 1. The summed E-state index contributed by atoms with van der Waals surface area (Å²) in [6.45, 7) is 4.26. The summed E-state index contributed by atoms with van der Waals surface area (Å²) in [5, 5.41) is 9.29. The SMILES string of the molecule is CCCCN(C)C(=O)c1ccccc1S(=O)(=O)N1CC(C(=O)O)CCC1C. The first-order valence-electron chi connectivity index (χ1n) is 9.29. The van der Waals surface area contributed by atoms with Gasteiger partial charge in [-0.3, -0.25) is 9.59 Å². The number of unbranched alkanes of at least 4 members (excludes halogenated alkanes) is 1. The summed E-state index contributed by atoms with van der Waals surface area (Å²) in [6, 6.07) is 5.85. The van der Waals surface area contributed by atoms with Crippen LogP contribution in [0, 0.1) is 5.92 Å². The zero-order valence-electron chi connectivity index (χ0n) is 16.1. The second kappa shape index (κ2) is 8.84. The quantitative estimate of drug-likeness (QED) is 0.764. The van der Waals surface area contributed by atoms with Gasteiger partial charge in [-0.25, -0.2) is 8.42 Å². The van der Waals surface area contributed by atoms with Gasteiger partial charge in [-0.15, -0.1) is 0 Å². The van der Waals surface area contributed by atoms with Crippen molar-refractivity contribution in [1.29, 1.82) is 0 Å². The van der Waals surface area contributed by atoms with Gasteiger partial charge in [0.25, 0.3) is 5.91 Å². The van der Waals surface area contributed by atoms with Crippen LogP contribution in [-0.4, -0.2) is 60.8 Å². The molecule has 1 heterocycles. The third kappa shape index (κ3) is 4.68. The van der Waals surface area contributed by atoms with Gasteiger partial charge < -0.3 is 10.0 Å². The van der Waals surface area contributed by atoms with Gasteiger partial charge in [0, 0.05) is 26.2 Å². The molecule has 0 aliphatic carbocycles. The van der Waals surface area contributed by atoms with Crippen LogP contribution in [0.1, 0.15) is 49.9 Å². The van der Waals surface area contributed by atoms with E-state index in [1.807, 2.05) is 6.92 Å². The fourth-order valence-electron chi connectivity index (χ4n) is 3.31. The highest BCUT2D eigenvalue weighted by Gasteiger charge is 2.39. The lowest BCUT2D eigenvalue weighted by Crippen LogP contribution is -2.47. The summed E-state index contributed by atoms with van der Waals surface area (Å²) in [5.74, 6) is -2.07. The maximum absolute atomic E-state index is 13.3. The second-order valence-electron chi connectivity index (χ2n) is 7.11. The van der Waals surface area contributed by atoms with E-state index < -0.39 is 21.9 Å². The molecule has 2 atom stereocenters. The van der Waals surface area contributed by atoms with Gasteiger partial charge in [0.2, 0.25) is 10.0 Å². The van der Waals surface area contributed by atoms with Crippen LogP contribution < -0.4 is 0 Å². The summed E-state index contributed by atoms with van der Waals surface area (Å²) in [6.07, 6.45) is 2.69. The van der Waals surface area contributed by atoms with Crippen LogP contribution in [0.4, 0.5) is 0 Å². The number of aliphatic carboxylic acids is 1. The minimum absolute atomic E-state index is 0.0590. The molecule has 1 N–H and O–H groups in total. The fourth-order valence-corrected chi connectivity index (χ4v) is 5.20. The van der Waals surface area contributed by atoms with E-state index in [-0.39, 0.29) is 29.0 Å². The second-order valence-corrected chi connectivity index (χ2v) is 8.97. The Morgan fingerprint density at radius 1 is 1.26 bits per heavy atom. The van der Waals surface area contributed by atoms with Gasteiger partial charge in [0.15, 0.2) is 0 Å². The first kappa shape index (κ1) is 21.4. The molecule has 1 aromatic rings. The van der Waals surface area contributed by atoms with Gasteiger partial charge in [-0.1, -0.05) is 25.5 Å². The number of piperidine rings is 1. The number of hydrogen-bond acceptors (Lipinski definition) is 4. The molecular weight excluding hydrogens is 368 g/mol. The lowest BCUT2D eigenvalue weighted by Gasteiger charge is -2.35. The average Bonchev–Trinajstić information content (AvgIpc) is 2.65. The molecule has 1 saturated heterocycles. The molecule has 2 unspecified atom stereocenters. The largest absolute Gasteiger partial charge is 0.481 e. The van der Waals surface area contributed by atoms with Crippen molar-refractivity contribution in [1.82, 2.24) is 9.21 Å². The Bertz CT molecular complexity index is 793. The van der Waals surface area contributed by atoms with E-state index in [4.69, 9.17) is 0 Å². The molecule has 1 fully saturated rings. The fraction of sp³-hybridized carbons (Fsp3) is 0.579. The molecule has 150 valence electrons. The maximum Gasteiger partial charge on any atom is 0.307 e. The van der Waals surface area contributed by atoms with E-state index in [1.54, 1.807) is 26.1 Å². The third-order valence-corrected chi connectivity index (χ3v) is 7.11. The molecule has 27 heavy (non-hydrogen) atoms. The minimum atomic E-state index is -3.98. The van der Waals surface area contributed by atoms with Crippen molar-refractivity contribution >= 4 is 21.9 Å². The number of benzene rings is 1. The lowest BCUT2D eigenvalue weighted by atomic mass is 9.96. The number of carbonyl (C=O) groups is 2. The Hall–Kier alpha value is -1.93. The molecule has 0 spiro atoms. The highest BCUT2D eigenvalue weighted by Crippen LogP contribution is 2.30. The molecule has 2 rings (SSSR count). The van der Waals surface area contributed by atoms with Gasteiger partial charge in [-0.2, -0.15) is 4.31 Å². The number of carboxylic acids is 1. The summed E-state index contributed by atoms with van der Waals surface area (Å²) < 4.78 is 27.8. The Labute approximate surface area is 161 Å². The molecular formula is C19H28N2O5S. The molecule has 7 nitrogen and oxygen atoms in total. The first-order valence-corrected chi connectivity index (χ1v) is 10.7. The van der Waals surface area contributed by atoms with Gasteiger partial charge >= 0.3 is 5.97 Å². The summed E-state index contributed by atoms with van der Waals surface area (Å²) >= 11 is 0. The van der Waals surface area contributed by atoms with Crippen LogP contribution in [-0.2, 0) is 14.8 Å². The summed E-state index contributed by atoms with van der Waals surface area (Å²) in [4.78, 5) is 25.6.